The molecule has 0 aliphatic rings. The average molecular weight is 203 g/mol. The highest BCUT2D eigenvalue weighted by atomic mass is 28.3. The predicted octanol–water partition coefficient (Wildman–Crippen LogP) is 2.84. The number of hydrogen-bond acceptors (Lipinski definition) is 2. The van der Waals surface area contributed by atoms with E-state index in [1.165, 1.54) is 0 Å². The molecule has 0 aromatic heterocycles. The SMILES string of the molecule is CO[Si](CC(C)(C)C(C)(C)C)OC. The van der Waals surface area contributed by atoms with Crippen LogP contribution in [0.15, 0.2) is 0 Å². The van der Waals surface area contributed by atoms with Crippen molar-refractivity contribution in [2.45, 2.75) is 40.7 Å². The fraction of sp³-hybridized carbons (Fsp3) is 1.00. The molecular weight excluding hydrogens is 180 g/mol. The van der Waals surface area contributed by atoms with Crippen LogP contribution in [0.1, 0.15) is 34.6 Å². The second-order valence-corrected chi connectivity index (χ2v) is 7.00. The molecule has 0 bridgehead atoms. The Morgan fingerprint density at radius 2 is 1.31 bits per heavy atom. The van der Waals surface area contributed by atoms with Crippen molar-refractivity contribution in [1.82, 2.24) is 0 Å². The van der Waals surface area contributed by atoms with Gasteiger partial charge in [-0.25, -0.2) is 0 Å². The van der Waals surface area contributed by atoms with Gasteiger partial charge in [-0.05, 0) is 16.9 Å². The van der Waals surface area contributed by atoms with Gasteiger partial charge >= 0.3 is 9.28 Å². The number of rotatable bonds is 4. The molecule has 0 aliphatic carbocycles. The van der Waals surface area contributed by atoms with Crippen LogP contribution in [0.3, 0.4) is 0 Å². The molecule has 2 nitrogen and oxygen atoms in total. The number of hydrogen-bond donors (Lipinski definition) is 0. The zero-order chi connectivity index (χ0) is 10.7. The largest absolute Gasteiger partial charge is 0.397 e. The summed E-state index contributed by atoms with van der Waals surface area (Å²) in [5, 5.41) is 0. The van der Waals surface area contributed by atoms with E-state index in [1.807, 2.05) is 0 Å². The summed E-state index contributed by atoms with van der Waals surface area (Å²) in [5.41, 5.74) is 0.549. The summed E-state index contributed by atoms with van der Waals surface area (Å²) in [6.45, 7) is 11.3. The summed E-state index contributed by atoms with van der Waals surface area (Å²) < 4.78 is 10.6. The molecular formula is C10H23O2Si. The van der Waals surface area contributed by atoms with Gasteiger partial charge in [0, 0.05) is 14.2 Å². The molecule has 0 aliphatic heterocycles. The van der Waals surface area contributed by atoms with Crippen molar-refractivity contribution in [2.75, 3.05) is 14.2 Å². The molecule has 0 aromatic carbocycles. The second-order valence-electron chi connectivity index (χ2n) is 5.09. The molecule has 0 fully saturated rings. The zero-order valence-electron chi connectivity index (χ0n) is 10.0. The standard InChI is InChI=1S/C10H23O2Si/c1-9(2,3)10(4,5)8-13(11-6)12-7/h8H2,1-7H3. The van der Waals surface area contributed by atoms with Gasteiger partial charge in [0.1, 0.15) is 0 Å². The molecule has 0 amide bonds. The Bertz CT molecular complexity index is 145. The van der Waals surface area contributed by atoms with Gasteiger partial charge in [0.2, 0.25) is 0 Å². The normalized spacial score (nSPS) is 13.8. The van der Waals surface area contributed by atoms with E-state index in [1.54, 1.807) is 14.2 Å². The van der Waals surface area contributed by atoms with E-state index in [2.05, 4.69) is 34.6 Å². The highest BCUT2D eigenvalue weighted by molar-refractivity contribution is 6.44. The third-order valence-corrected chi connectivity index (χ3v) is 5.16. The van der Waals surface area contributed by atoms with Gasteiger partial charge in [0.05, 0.1) is 0 Å². The first-order valence-electron chi connectivity index (χ1n) is 4.68. The first-order valence-corrected chi connectivity index (χ1v) is 6.21. The Kier molecular flexibility index (Phi) is 4.62. The zero-order valence-corrected chi connectivity index (χ0v) is 11.0. The Hall–Kier alpha value is 0.137. The van der Waals surface area contributed by atoms with E-state index in [0.29, 0.717) is 5.41 Å². The van der Waals surface area contributed by atoms with Gasteiger partial charge in [-0.1, -0.05) is 34.6 Å². The van der Waals surface area contributed by atoms with Crippen molar-refractivity contribution in [1.29, 1.82) is 0 Å². The van der Waals surface area contributed by atoms with Gasteiger partial charge in [-0.2, -0.15) is 0 Å². The monoisotopic (exact) mass is 203 g/mol. The Balaban J connectivity index is 4.31. The van der Waals surface area contributed by atoms with E-state index < -0.39 is 9.28 Å². The van der Waals surface area contributed by atoms with E-state index in [9.17, 15) is 0 Å². The maximum absolute atomic E-state index is 5.31. The van der Waals surface area contributed by atoms with Crippen LogP contribution >= 0.6 is 0 Å². The third-order valence-electron chi connectivity index (χ3n) is 3.07. The first-order chi connectivity index (χ1) is 5.74. The average Bonchev–Trinajstić information content (AvgIpc) is 1.98. The first kappa shape index (κ1) is 13.1. The van der Waals surface area contributed by atoms with Crippen molar-refractivity contribution in [2.24, 2.45) is 10.8 Å². The maximum atomic E-state index is 5.31. The summed E-state index contributed by atoms with van der Waals surface area (Å²) in [6.07, 6.45) is 0. The summed E-state index contributed by atoms with van der Waals surface area (Å²) in [5.74, 6) is 0. The maximum Gasteiger partial charge on any atom is 0.384 e. The van der Waals surface area contributed by atoms with Gasteiger partial charge < -0.3 is 8.85 Å². The minimum atomic E-state index is -1.06. The van der Waals surface area contributed by atoms with Gasteiger partial charge in [0.15, 0.2) is 0 Å². The van der Waals surface area contributed by atoms with Crippen LogP contribution in [0.4, 0.5) is 0 Å². The Labute approximate surface area is 84.5 Å². The predicted molar refractivity (Wildman–Crippen MR) is 57.8 cm³/mol. The smallest absolute Gasteiger partial charge is 0.384 e. The van der Waals surface area contributed by atoms with Crippen LogP contribution < -0.4 is 0 Å². The molecule has 0 heterocycles. The van der Waals surface area contributed by atoms with Crippen LogP contribution in [0.25, 0.3) is 0 Å². The highest BCUT2D eigenvalue weighted by Gasteiger charge is 2.36. The summed E-state index contributed by atoms with van der Waals surface area (Å²) in [7, 11) is 2.40. The Morgan fingerprint density at radius 1 is 0.923 bits per heavy atom. The molecule has 13 heavy (non-hydrogen) atoms. The summed E-state index contributed by atoms with van der Waals surface area (Å²) >= 11 is 0. The third kappa shape index (κ3) is 3.79. The Morgan fingerprint density at radius 3 is 1.54 bits per heavy atom. The lowest BCUT2D eigenvalue weighted by Gasteiger charge is -2.39. The molecule has 0 aromatic rings. The van der Waals surface area contributed by atoms with Crippen LogP contribution in [0.5, 0.6) is 0 Å². The van der Waals surface area contributed by atoms with Crippen LogP contribution in [-0.2, 0) is 8.85 Å². The molecule has 79 valence electrons. The van der Waals surface area contributed by atoms with Crippen molar-refractivity contribution in [3.05, 3.63) is 0 Å². The van der Waals surface area contributed by atoms with Crippen molar-refractivity contribution >= 4 is 9.28 Å². The lowest BCUT2D eigenvalue weighted by Crippen LogP contribution is -2.36. The van der Waals surface area contributed by atoms with Crippen molar-refractivity contribution in [3.63, 3.8) is 0 Å². The van der Waals surface area contributed by atoms with Crippen LogP contribution in [0, 0.1) is 10.8 Å². The highest BCUT2D eigenvalue weighted by Crippen LogP contribution is 2.42. The molecule has 0 N–H and O–H groups in total. The molecule has 1 radical (unpaired) electrons. The van der Waals surface area contributed by atoms with E-state index in [4.69, 9.17) is 8.85 Å². The van der Waals surface area contributed by atoms with Crippen molar-refractivity contribution in [3.8, 4) is 0 Å². The fourth-order valence-corrected chi connectivity index (χ4v) is 2.56. The molecule has 0 spiro atoms. The second kappa shape index (κ2) is 4.58. The molecule has 0 saturated heterocycles. The van der Waals surface area contributed by atoms with E-state index in [0.717, 1.165) is 6.04 Å². The van der Waals surface area contributed by atoms with Crippen LogP contribution in [0.2, 0.25) is 6.04 Å². The van der Waals surface area contributed by atoms with E-state index >= 15 is 0 Å². The fourth-order valence-electron chi connectivity index (χ4n) is 0.854. The van der Waals surface area contributed by atoms with Crippen LogP contribution in [-0.4, -0.2) is 23.5 Å². The lowest BCUT2D eigenvalue weighted by molar-refractivity contribution is 0.137. The molecule has 0 unspecified atom stereocenters. The summed E-state index contributed by atoms with van der Waals surface area (Å²) in [4.78, 5) is 0. The van der Waals surface area contributed by atoms with Gasteiger partial charge in [-0.3, -0.25) is 0 Å². The topological polar surface area (TPSA) is 18.5 Å². The minimum Gasteiger partial charge on any atom is -0.397 e. The molecule has 0 saturated carbocycles. The van der Waals surface area contributed by atoms with Gasteiger partial charge in [0.25, 0.3) is 0 Å². The van der Waals surface area contributed by atoms with Gasteiger partial charge in [-0.15, -0.1) is 0 Å². The molecule has 3 heteroatoms. The van der Waals surface area contributed by atoms with Crippen molar-refractivity contribution < 1.29 is 8.85 Å². The lowest BCUT2D eigenvalue weighted by atomic mass is 9.71. The molecule has 0 atom stereocenters. The minimum absolute atomic E-state index is 0.257. The quantitative estimate of drug-likeness (QED) is 0.654. The molecule has 0 rings (SSSR count). The summed E-state index contributed by atoms with van der Waals surface area (Å²) in [6, 6.07) is 1.02. The van der Waals surface area contributed by atoms with E-state index in [-0.39, 0.29) is 5.41 Å².